The fourth-order valence-electron chi connectivity index (χ4n) is 2.91. The highest BCUT2D eigenvalue weighted by Crippen LogP contribution is 2.15. The minimum Gasteiger partial charge on any atom is -0.310 e. The van der Waals surface area contributed by atoms with Crippen LogP contribution in [0.5, 0.6) is 0 Å². The molecule has 0 aliphatic rings. The Bertz CT molecular complexity index is 789. The molecule has 2 aromatic heterocycles. The highest BCUT2D eigenvalue weighted by atomic mass is 15.5. The molecule has 0 saturated carbocycles. The maximum absolute atomic E-state index is 4.54. The Kier molecular flexibility index (Phi) is 5.23. The summed E-state index contributed by atoms with van der Waals surface area (Å²) in [5.41, 5.74) is 4.50. The topological polar surface area (TPSA) is 73.5 Å². The lowest BCUT2D eigenvalue weighted by molar-refractivity contribution is 0.398. The molecule has 0 radical (unpaired) electrons. The van der Waals surface area contributed by atoms with E-state index >= 15 is 0 Å². The van der Waals surface area contributed by atoms with Gasteiger partial charge >= 0.3 is 0 Å². The standard InChI is InChI=1S/C18H25N7/c1-13(11-24-15(3)9-14(2)21-24)10-19-16(4)17-5-7-18(8-6-17)25-12-20-22-23-25/h5-9,12-13,16,19H,10-11H2,1-4H3. The summed E-state index contributed by atoms with van der Waals surface area (Å²) in [4.78, 5) is 0. The van der Waals surface area contributed by atoms with E-state index < -0.39 is 0 Å². The number of hydrogen-bond donors (Lipinski definition) is 1. The lowest BCUT2D eigenvalue weighted by Gasteiger charge is -2.19. The zero-order chi connectivity index (χ0) is 17.8. The van der Waals surface area contributed by atoms with Crippen molar-refractivity contribution in [2.75, 3.05) is 6.54 Å². The molecule has 2 atom stereocenters. The molecule has 1 aromatic carbocycles. The molecule has 0 aliphatic heterocycles. The molecule has 7 nitrogen and oxygen atoms in total. The molecule has 1 N–H and O–H groups in total. The molecule has 2 unspecified atom stereocenters. The number of nitrogens with zero attached hydrogens (tertiary/aromatic N) is 6. The van der Waals surface area contributed by atoms with Crippen molar-refractivity contribution in [1.29, 1.82) is 0 Å². The van der Waals surface area contributed by atoms with Crippen molar-refractivity contribution < 1.29 is 0 Å². The predicted molar refractivity (Wildman–Crippen MR) is 96.4 cm³/mol. The van der Waals surface area contributed by atoms with E-state index in [1.165, 1.54) is 11.3 Å². The second-order valence-electron chi connectivity index (χ2n) is 6.69. The first-order valence-electron chi connectivity index (χ1n) is 8.60. The first kappa shape index (κ1) is 17.3. The summed E-state index contributed by atoms with van der Waals surface area (Å²) in [7, 11) is 0. The summed E-state index contributed by atoms with van der Waals surface area (Å²) < 4.78 is 3.74. The van der Waals surface area contributed by atoms with Gasteiger partial charge in [-0.25, -0.2) is 4.68 Å². The minimum atomic E-state index is 0.283. The summed E-state index contributed by atoms with van der Waals surface area (Å²) in [6, 6.07) is 10.7. The van der Waals surface area contributed by atoms with Crippen molar-refractivity contribution in [3.05, 3.63) is 53.6 Å². The van der Waals surface area contributed by atoms with E-state index in [0.717, 1.165) is 24.5 Å². The van der Waals surface area contributed by atoms with Gasteiger partial charge in [0.15, 0.2) is 0 Å². The number of hydrogen-bond acceptors (Lipinski definition) is 5. The molecule has 0 amide bonds. The zero-order valence-corrected chi connectivity index (χ0v) is 15.2. The molecule has 132 valence electrons. The molecule has 25 heavy (non-hydrogen) atoms. The highest BCUT2D eigenvalue weighted by molar-refractivity contribution is 5.34. The molecule has 0 spiro atoms. The minimum absolute atomic E-state index is 0.283. The molecule has 2 heterocycles. The fourth-order valence-corrected chi connectivity index (χ4v) is 2.91. The van der Waals surface area contributed by atoms with E-state index in [2.05, 4.69) is 69.6 Å². The normalized spacial score (nSPS) is 13.8. The largest absolute Gasteiger partial charge is 0.310 e. The van der Waals surface area contributed by atoms with Gasteiger partial charge in [0.05, 0.1) is 11.4 Å². The molecule has 7 heteroatoms. The summed E-state index contributed by atoms with van der Waals surface area (Å²) in [6.45, 7) is 10.4. The first-order valence-corrected chi connectivity index (χ1v) is 8.60. The summed E-state index contributed by atoms with van der Waals surface area (Å²) in [5, 5.41) is 19.4. The Morgan fingerprint density at radius 1 is 1.12 bits per heavy atom. The van der Waals surface area contributed by atoms with Crippen LogP contribution in [0.3, 0.4) is 0 Å². The second kappa shape index (κ2) is 7.57. The van der Waals surface area contributed by atoms with Crippen LogP contribution in [0.15, 0.2) is 36.7 Å². The van der Waals surface area contributed by atoms with Crippen LogP contribution in [0, 0.1) is 19.8 Å². The molecule has 0 saturated heterocycles. The number of rotatable bonds is 7. The summed E-state index contributed by atoms with van der Waals surface area (Å²) in [6.07, 6.45) is 1.59. The Morgan fingerprint density at radius 3 is 2.48 bits per heavy atom. The smallest absolute Gasteiger partial charge is 0.143 e. The fraction of sp³-hybridized carbons (Fsp3) is 0.444. The lowest BCUT2D eigenvalue weighted by Crippen LogP contribution is -2.27. The van der Waals surface area contributed by atoms with Gasteiger partial charge in [0, 0.05) is 24.8 Å². The number of aryl methyl sites for hydroxylation is 2. The van der Waals surface area contributed by atoms with Gasteiger partial charge in [-0.3, -0.25) is 4.68 Å². The van der Waals surface area contributed by atoms with Gasteiger partial charge in [0.25, 0.3) is 0 Å². The van der Waals surface area contributed by atoms with E-state index in [9.17, 15) is 0 Å². The van der Waals surface area contributed by atoms with Crippen molar-refractivity contribution in [3.8, 4) is 5.69 Å². The molecule has 3 aromatic rings. The van der Waals surface area contributed by atoms with E-state index in [1.54, 1.807) is 11.0 Å². The van der Waals surface area contributed by atoms with Gasteiger partial charge in [0.2, 0.25) is 0 Å². The summed E-state index contributed by atoms with van der Waals surface area (Å²) >= 11 is 0. The van der Waals surface area contributed by atoms with Crippen molar-refractivity contribution in [3.63, 3.8) is 0 Å². The Balaban J connectivity index is 1.53. The van der Waals surface area contributed by atoms with Gasteiger partial charge in [0.1, 0.15) is 6.33 Å². The van der Waals surface area contributed by atoms with Gasteiger partial charge in [-0.1, -0.05) is 19.1 Å². The van der Waals surface area contributed by atoms with E-state index in [-0.39, 0.29) is 6.04 Å². The quantitative estimate of drug-likeness (QED) is 0.716. The number of benzene rings is 1. The van der Waals surface area contributed by atoms with E-state index in [1.807, 2.05) is 19.1 Å². The highest BCUT2D eigenvalue weighted by Gasteiger charge is 2.10. The van der Waals surface area contributed by atoms with Gasteiger partial charge in [-0.05, 0) is 60.9 Å². The third kappa shape index (κ3) is 4.30. The molecule has 3 rings (SSSR count). The Labute approximate surface area is 148 Å². The number of aromatic nitrogens is 6. The van der Waals surface area contributed by atoms with Crippen molar-refractivity contribution >= 4 is 0 Å². The predicted octanol–water partition coefficient (Wildman–Crippen LogP) is 2.46. The van der Waals surface area contributed by atoms with Gasteiger partial charge < -0.3 is 5.32 Å². The Hall–Kier alpha value is -2.54. The average Bonchev–Trinajstić information content (AvgIpc) is 3.23. The monoisotopic (exact) mass is 339 g/mol. The molecular weight excluding hydrogens is 314 g/mol. The van der Waals surface area contributed by atoms with Crippen LogP contribution in [0.25, 0.3) is 5.69 Å². The van der Waals surface area contributed by atoms with Crippen LogP contribution >= 0.6 is 0 Å². The van der Waals surface area contributed by atoms with Gasteiger partial charge in [-0.15, -0.1) is 5.10 Å². The van der Waals surface area contributed by atoms with Crippen LogP contribution in [0.1, 0.15) is 36.8 Å². The summed E-state index contributed by atoms with van der Waals surface area (Å²) in [5.74, 6) is 0.501. The van der Waals surface area contributed by atoms with E-state index in [0.29, 0.717) is 5.92 Å². The van der Waals surface area contributed by atoms with Crippen LogP contribution in [0.2, 0.25) is 0 Å². The van der Waals surface area contributed by atoms with Crippen LogP contribution in [0.4, 0.5) is 0 Å². The molecule has 0 fully saturated rings. The maximum Gasteiger partial charge on any atom is 0.143 e. The number of tetrazole rings is 1. The molecular formula is C18H25N7. The maximum atomic E-state index is 4.54. The molecule has 0 aliphatic carbocycles. The Morgan fingerprint density at radius 2 is 1.88 bits per heavy atom. The molecule has 0 bridgehead atoms. The lowest BCUT2D eigenvalue weighted by atomic mass is 10.1. The first-order chi connectivity index (χ1) is 12.0. The average molecular weight is 339 g/mol. The van der Waals surface area contributed by atoms with Crippen LogP contribution in [-0.2, 0) is 6.54 Å². The zero-order valence-electron chi connectivity index (χ0n) is 15.2. The second-order valence-corrected chi connectivity index (χ2v) is 6.69. The van der Waals surface area contributed by atoms with E-state index in [4.69, 9.17) is 0 Å². The SMILES string of the molecule is Cc1cc(C)n(CC(C)CNC(C)c2ccc(-n3cnnn3)cc2)n1. The third-order valence-corrected chi connectivity index (χ3v) is 4.37. The van der Waals surface area contributed by atoms with Crippen molar-refractivity contribution in [2.24, 2.45) is 5.92 Å². The third-order valence-electron chi connectivity index (χ3n) is 4.37. The van der Waals surface area contributed by atoms with Crippen LogP contribution in [-0.4, -0.2) is 36.5 Å². The van der Waals surface area contributed by atoms with Crippen molar-refractivity contribution in [1.82, 2.24) is 35.3 Å². The van der Waals surface area contributed by atoms with Gasteiger partial charge in [-0.2, -0.15) is 5.10 Å². The van der Waals surface area contributed by atoms with Crippen molar-refractivity contribution in [2.45, 2.75) is 40.3 Å². The van der Waals surface area contributed by atoms with Crippen LogP contribution < -0.4 is 5.32 Å². The number of nitrogens with one attached hydrogen (secondary N) is 1.